The lowest BCUT2D eigenvalue weighted by atomic mass is 10.1. The number of carbonyl (C=O) groups excluding carboxylic acids is 1. The Balaban J connectivity index is 1.30. The van der Waals surface area contributed by atoms with E-state index in [9.17, 15) is 9.18 Å². The predicted octanol–water partition coefficient (Wildman–Crippen LogP) is 5.08. The molecule has 1 amide bonds. The van der Waals surface area contributed by atoms with Crippen LogP contribution in [0.15, 0.2) is 72.9 Å². The number of hydrogen-bond donors (Lipinski definition) is 1. The first-order valence-electron chi connectivity index (χ1n) is 11.0. The van der Waals surface area contributed by atoms with Gasteiger partial charge in [-0.15, -0.1) is 0 Å². The Morgan fingerprint density at radius 2 is 1.62 bits per heavy atom. The number of benzene rings is 3. The van der Waals surface area contributed by atoms with Crippen LogP contribution in [0.4, 0.5) is 10.1 Å². The van der Waals surface area contributed by atoms with Gasteiger partial charge in [-0.2, -0.15) is 5.10 Å². The van der Waals surface area contributed by atoms with Crippen LogP contribution in [0.2, 0.25) is 0 Å². The maximum absolute atomic E-state index is 13.3. The van der Waals surface area contributed by atoms with E-state index < -0.39 is 0 Å². The van der Waals surface area contributed by atoms with Crippen molar-refractivity contribution in [1.29, 1.82) is 0 Å². The van der Waals surface area contributed by atoms with Gasteiger partial charge in [-0.05, 0) is 73.4 Å². The molecule has 0 unspecified atom stereocenters. The van der Waals surface area contributed by atoms with Crippen LogP contribution in [0.25, 0.3) is 16.6 Å². The predicted molar refractivity (Wildman–Crippen MR) is 125 cm³/mol. The summed E-state index contributed by atoms with van der Waals surface area (Å²) >= 11 is 0. The molecule has 4 aromatic rings. The lowest BCUT2D eigenvalue weighted by Crippen LogP contribution is -2.29. The molecule has 3 aromatic carbocycles. The van der Waals surface area contributed by atoms with E-state index in [1.807, 2.05) is 12.1 Å². The van der Waals surface area contributed by atoms with Crippen molar-refractivity contribution in [3.63, 3.8) is 0 Å². The largest absolute Gasteiger partial charge is 0.372 e. The zero-order valence-corrected chi connectivity index (χ0v) is 17.8. The molecule has 1 fully saturated rings. The Kier molecular flexibility index (Phi) is 5.58. The standard InChI is InChI=1S/C26H25FN4O/c27-20-9-13-22(14-10-20)31-25-6-4-5-23(24(25)18-29-31)26(32)28-17-19-7-11-21(12-8-19)30-15-2-1-3-16-30/h4-14,18H,1-3,15-17H2,(H,28,32). The summed E-state index contributed by atoms with van der Waals surface area (Å²) in [6, 6.07) is 20.1. The second-order valence-electron chi connectivity index (χ2n) is 8.17. The minimum absolute atomic E-state index is 0.144. The van der Waals surface area contributed by atoms with E-state index in [2.05, 4.69) is 39.6 Å². The molecule has 0 aliphatic carbocycles. The number of amides is 1. The molecule has 0 bridgehead atoms. The van der Waals surface area contributed by atoms with Crippen LogP contribution >= 0.6 is 0 Å². The molecule has 1 aliphatic heterocycles. The Bertz CT molecular complexity index is 1230. The van der Waals surface area contributed by atoms with Crippen LogP contribution in [-0.2, 0) is 6.54 Å². The van der Waals surface area contributed by atoms with Crippen molar-refractivity contribution in [3.05, 3.63) is 89.9 Å². The van der Waals surface area contributed by atoms with E-state index in [1.165, 1.54) is 37.1 Å². The monoisotopic (exact) mass is 428 g/mol. The summed E-state index contributed by atoms with van der Waals surface area (Å²) in [5.41, 5.74) is 4.43. The highest BCUT2D eigenvalue weighted by molar-refractivity contribution is 6.06. The van der Waals surface area contributed by atoms with Crippen molar-refractivity contribution in [1.82, 2.24) is 15.1 Å². The number of fused-ring (bicyclic) bond motifs is 1. The number of piperidine rings is 1. The number of hydrogen-bond acceptors (Lipinski definition) is 3. The van der Waals surface area contributed by atoms with Gasteiger partial charge in [0.2, 0.25) is 0 Å². The number of nitrogens with zero attached hydrogens (tertiary/aromatic N) is 3. The van der Waals surface area contributed by atoms with E-state index in [4.69, 9.17) is 0 Å². The first-order valence-corrected chi connectivity index (χ1v) is 11.0. The van der Waals surface area contributed by atoms with Crippen molar-refractivity contribution in [2.45, 2.75) is 25.8 Å². The van der Waals surface area contributed by atoms with Crippen LogP contribution in [-0.4, -0.2) is 28.8 Å². The molecule has 1 aromatic heterocycles. The first kappa shape index (κ1) is 20.2. The maximum Gasteiger partial charge on any atom is 0.252 e. The summed E-state index contributed by atoms with van der Waals surface area (Å²) in [5, 5.41) is 8.20. The quantitative estimate of drug-likeness (QED) is 0.482. The van der Waals surface area contributed by atoms with Gasteiger partial charge in [0.25, 0.3) is 5.91 Å². The topological polar surface area (TPSA) is 50.2 Å². The molecule has 6 heteroatoms. The number of nitrogens with one attached hydrogen (secondary N) is 1. The van der Waals surface area contributed by atoms with Gasteiger partial charge in [-0.25, -0.2) is 9.07 Å². The third-order valence-corrected chi connectivity index (χ3v) is 6.04. The van der Waals surface area contributed by atoms with Gasteiger partial charge in [-0.1, -0.05) is 18.2 Å². The van der Waals surface area contributed by atoms with Gasteiger partial charge >= 0.3 is 0 Å². The van der Waals surface area contributed by atoms with Crippen molar-refractivity contribution < 1.29 is 9.18 Å². The lowest BCUT2D eigenvalue weighted by molar-refractivity contribution is 0.0952. The van der Waals surface area contributed by atoms with Gasteiger partial charge in [0, 0.05) is 30.7 Å². The third kappa shape index (κ3) is 4.08. The number of carbonyl (C=O) groups is 1. The smallest absolute Gasteiger partial charge is 0.252 e. The Hall–Kier alpha value is -3.67. The number of anilines is 1. The molecule has 1 aliphatic rings. The molecule has 0 radical (unpaired) electrons. The minimum atomic E-state index is -0.297. The highest BCUT2D eigenvalue weighted by Gasteiger charge is 2.14. The molecule has 0 atom stereocenters. The number of rotatable bonds is 5. The normalized spacial score (nSPS) is 14.0. The van der Waals surface area contributed by atoms with Crippen molar-refractivity contribution in [2.75, 3.05) is 18.0 Å². The van der Waals surface area contributed by atoms with Gasteiger partial charge in [-0.3, -0.25) is 4.79 Å². The molecule has 1 saturated heterocycles. The van der Waals surface area contributed by atoms with E-state index in [0.29, 0.717) is 12.1 Å². The lowest BCUT2D eigenvalue weighted by Gasteiger charge is -2.28. The number of aromatic nitrogens is 2. The SMILES string of the molecule is O=C(NCc1ccc(N2CCCCC2)cc1)c1cccc2c1cnn2-c1ccc(F)cc1. The molecule has 0 saturated carbocycles. The Morgan fingerprint density at radius 3 is 2.38 bits per heavy atom. The summed E-state index contributed by atoms with van der Waals surface area (Å²) in [6.45, 7) is 2.69. The highest BCUT2D eigenvalue weighted by atomic mass is 19.1. The van der Waals surface area contributed by atoms with E-state index >= 15 is 0 Å². The summed E-state index contributed by atoms with van der Waals surface area (Å²) < 4.78 is 15.0. The third-order valence-electron chi connectivity index (χ3n) is 6.04. The maximum atomic E-state index is 13.3. The Morgan fingerprint density at radius 1 is 0.906 bits per heavy atom. The zero-order valence-electron chi connectivity index (χ0n) is 17.8. The summed E-state index contributed by atoms with van der Waals surface area (Å²) in [7, 11) is 0. The van der Waals surface area contributed by atoms with Crippen LogP contribution < -0.4 is 10.2 Å². The molecule has 32 heavy (non-hydrogen) atoms. The van der Waals surface area contributed by atoms with Crippen LogP contribution in [0, 0.1) is 5.82 Å². The zero-order chi connectivity index (χ0) is 21.9. The second kappa shape index (κ2) is 8.83. The van der Waals surface area contributed by atoms with Crippen molar-refractivity contribution >= 4 is 22.5 Å². The molecule has 162 valence electrons. The second-order valence-corrected chi connectivity index (χ2v) is 8.17. The van der Waals surface area contributed by atoms with Gasteiger partial charge < -0.3 is 10.2 Å². The van der Waals surface area contributed by atoms with E-state index in [1.54, 1.807) is 29.1 Å². The molecule has 1 N–H and O–H groups in total. The molecule has 2 heterocycles. The van der Waals surface area contributed by atoms with E-state index in [-0.39, 0.29) is 11.7 Å². The molecule has 5 rings (SSSR count). The first-order chi connectivity index (χ1) is 15.7. The Labute approximate surface area is 186 Å². The van der Waals surface area contributed by atoms with Gasteiger partial charge in [0.05, 0.1) is 23.0 Å². The minimum Gasteiger partial charge on any atom is -0.372 e. The fourth-order valence-corrected chi connectivity index (χ4v) is 4.29. The number of halogens is 1. The average Bonchev–Trinajstić information content (AvgIpc) is 3.28. The summed E-state index contributed by atoms with van der Waals surface area (Å²) in [5.74, 6) is -0.441. The average molecular weight is 429 g/mol. The van der Waals surface area contributed by atoms with Crippen molar-refractivity contribution in [2.24, 2.45) is 0 Å². The van der Waals surface area contributed by atoms with Crippen LogP contribution in [0.1, 0.15) is 35.2 Å². The van der Waals surface area contributed by atoms with Crippen LogP contribution in [0.5, 0.6) is 0 Å². The molecular weight excluding hydrogens is 403 g/mol. The molecule has 5 nitrogen and oxygen atoms in total. The summed E-state index contributed by atoms with van der Waals surface area (Å²) in [4.78, 5) is 15.4. The van der Waals surface area contributed by atoms with Gasteiger partial charge in [0.15, 0.2) is 0 Å². The molecular formula is C26H25FN4O. The van der Waals surface area contributed by atoms with Gasteiger partial charge in [0.1, 0.15) is 5.82 Å². The fraction of sp³-hybridized carbons (Fsp3) is 0.231. The summed E-state index contributed by atoms with van der Waals surface area (Å²) in [6.07, 6.45) is 5.50. The highest BCUT2D eigenvalue weighted by Crippen LogP contribution is 2.23. The fourth-order valence-electron chi connectivity index (χ4n) is 4.29. The molecule has 0 spiro atoms. The van der Waals surface area contributed by atoms with Crippen LogP contribution in [0.3, 0.4) is 0 Å². The van der Waals surface area contributed by atoms with E-state index in [0.717, 1.165) is 35.2 Å². The van der Waals surface area contributed by atoms with Crippen molar-refractivity contribution in [3.8, 4) is 5.69 Å².